The van der Waals surface area contributed by atoms with Crippen LogP contribution in [0.3, 0.4) is 0 Å². The van der Waals surface area contributed by atoms with Crippen molar-refractivity contribution in [2.45, 2.75) is 4.90 Å². The largest absolute Gasteiger partial charge is 0.497 e. The van der Waals surface area contributed by atoms with Gasteiger partial charge in [0.25, 0.3) is 5.91 Å². The zero-order valence-electron chi connectivity index (χ0n) is 14.5. The van der Waals surface area contributed by atoms with Gasteiger partial charge < -0.3 is 14.8 Å². The third-order valence-corrected chi connectivity index (χ3v) is 4.75. The van der Waals surface area contributed by atoms with E-state index in [4.69, 9.17) is 14.6 Å². The van der Waals surface area contributed by atoms with Gasteiger partial charge in [-0.05, 0) is 53.2 Å². The van der Waals surface area contributed by atoms with Gasteiger partial charge in [0.1, 0.15) is 11.5 Å². The first-order valence-electron chi connectivity index (χ1n) is 7.98. The van der Waals surface area contributed by atoms with Crippen molar-refractivity contribution in [2.75, 3.05) is 19.0 Å². The van der Waals surface area contributed by atoms with E-state index in [-0.39, 0.29) is 11.5 Å². The molecule has 0 saturated carbocycles. The van der Waals surface area contributed by atoms with Crippen LogP contribution in [0.15, 0.2) is 65.6 Å². The fraction of sp³-hybridized carbons (Fsp3) is 0.105. The second-order valence-corrected chi connectivity index (χ2v) is 7.35. The van der Waals surface area contributed by atoms with Gasteiger partial charge in [-0.1, -0.05) is 18.2 Å². The number of amides is 1. The minimum absolute atomic E-state index is 0.0790. The van der Waals surface area contributed by atoms with Gasteiger partial charge in [0.05, 0.1) is 12.0 Å². The normalized spacial score (nSPS) is 11.2. The molecule has 0 heterocycles. The van der Waals surface area contributed by atoms with Crippen molar-refractivity contribution in [3.63, 3.8) is 0 Å². The molecule has 0 fully saturated rings. The topological polar surface area (TPSA) is 108 Å². The lowest BCUT2D eigenvalue weighted by Crippen LogP contribution is -2.20. The summed E-state index contributed by atoms with van der Waals surface area (Å²) in [5.41, 5.74) is 0.318. The number of rotatable bonds is 6. The first-order valence-corrected chi connectivity index (χ1v) is 9.53. The summed E-state index contributed by atoms with van der Waals surface area (Å²) in [5, 5.41) is 9.60. The summed E-state index contributed by atoms with van der Waals surface area (Å²) in [6, 6.07) is 16.8. The van der Waals surface area contributed by atoms with Gasteiger partial charge >= 0.3 is 0 Å². The molecular formula is C19H18N2O5S. The molecule has 0 aliphatic heterocycles. The number of sulfonamides is 1. The fourth-order valence-electron chi connectivity index (χ4n) is 2.52. The summed E-state index contributed by atoms with van der Waals surface area (Å²) < 4.78 is 33.5. The molecule has 0 spiro atoms. The Kier molecular flexibility index (Phi) is 5.29. The monoisotopic (exact) mass is 386 g/mol. The maximum Gasteiger partial charge on any atom is 0.262 e. The summed E-state index contributed by atoms with van der Waals surface area (Å²) in [6.07, 6.45) is 0. The first-order chi connectivity index (χ1) is 12.8. The molecule has 140 valence electrons. The Morgan fingerprint density at radius 2 is 1.70 bits per heavy atom. The van der Waals surface area contributed by atoms with Crippen LogP contribution in [0.2, 0.25) is 0 Å². The van der Waals surface area contributed by atoms with Crippen molar-refractivity contribution in [2.24, 2.45) is 5.14 Å². The molecule has 3 rings (SSSR count). The third kappa shape index (κ3) is 4.75. The number of ether oxygens (including phenoxy) is 2. The minimum Gasteiger partial charge on any atom is -0.497 e. The average molecular weight is 386 g/mol. The molecule has 0 aromatic heterocycles. The molecule has 0 atom stereocenters. The number of anilines is 1. The predicted molar refractivity (Wildman–Crippen MR) is 102 cm³/mol. The minimum atomic E-state index is -3.84. The highest BCUT2D eigenvalue weighted by Gasteiger charge is 2.10. The molecule has 8 heteroatoms. The molecule has 3 aromatic carbocycles. The molecule has 0 aliphatic rings. The van der Waals surface area contributed by atoms with E-state index in [1.807, 2.05) is 30.3 Å². The molecule has 1 amide bonds. The van der Waals surface area contributed by atoms with E-state index in [1.165, 1.54) is 18.2 Å². The number of primary sulfonamides is 1. The summed E-state index contributed by atoms with van der Waals surface area (Å²) in [6.45, 7) is -0.227. The van der Waals surface area contributed by atoms with Crippen molar-refractivity contribution < 1.29 is 22.7 Å². The first kappa shape index (κ1) is 18.7. The van der Waals surface area contributed by atoms with E-state index in [0.717, 1.165) is 16.5 Å². The van der Waals surface area contributed by atoms with Crippen LogP contribution >= 0.6 is 0 Å². The molecule has 0 aliphatic carbocycles. The highest BCUT2D eigenvalue weighted by molar-refractivity contribution is 7.89. The van der Waals surface area contributed by atoms with Gasteiger partial charge in [0.15, 0.2) is 6.61 Å². The number of carbonyl (C=O) groups is 1. The zero-order valence-corrected chi connectivity index (χ0v) is 15.3. The lowest BCUT2D eigenvalue weighted by molar-refractivity contribution is -0.118. The van der Waals surface area contributed by atoms with E-state index in [0.29, 0.717) is 11.4 Å². The summed E-state index contributed by atoms with van der Waals surface area (Å²) in [7, 11) is -2.24. The van der Waals surface area contributed by atoms with Crippen molar-refractivity contribution in [3.05, 3.63) is 60.7 Å². The van der Waals surface area contributed by atoms with Crippen LogP contribution in [0.25, 0.3) is 10.8 Å². The Bertz CT molecular complexity index is 1100. The number of hydrogen-bond donors (Lipinski definition) is 2. The van der Waals surface area contributed by atoms with E-state index in [2.05, 4.69) is 5.32 Å². The van der Waals surface area contributed by atoms with Crippen LogP contribution in [-0.4, -0.2) is 28.0 Å². The van der Waals surface area contributed by atoms with Crippen LogP contribution in [0, 0.1) is 0 Å². The van der Waals surface area contributed by atoms with Gasteiger partial charge in [0, 0.05) is 5.69 Å². The molecule has 0 saturated heterocycles. The number of nitrogens with one attached hydrogen (secondary N) is 1. The molecular weight excluding hydrogens is 368 g/mol. The molecule has 0 unspecified atom stereocenters. The van der Waals surface area contributed by atoms with E-state index < -0.39 is 15.9 Å². The second kappa shape index (κ2) is 7.65. The standard InChI is InChI=1S/C19H18N2O5S/c1-25-16-7-5-13-6-8-17(10-14(13)9-16)26-12-19(22)21-15-3-2-4-18(11-15)27(20,23)24/h2-11H,12H2,1H3,(H,21,22)(H2,20,23,24). The van der Waals surface area contributed by atoms with Crippen LogP contribution in [-0.2, 0) is 14.8 Å². The SMILES string of the molecule is COc1ccc2ccc(OCC(=O)Nc3cccc(S(N)(=O)=O)c3)cc2c1. The number of carbonyl (C=O) groups excluding carboxylic acids is 1. The Hall–Kier alpha value is -3.10. The molecule has 3 aromatic rings. The predicted octanol–water partition coefficient (Wildman–Crippen LogP) is 2.51. The molecule has 3 N–H and O–H groups in total. The second-order valence-electron chi connectivity index (χ2n) is 5.78. The summed E-state index contributed by atoms with van der Waals surface area (Å²) >= 11 is 0. The van der Waals surface area contributed by atoms with Crippen molar-refractivity contribution in [1.29, 1.82) is 0 Å². The van der Waals surface area contributed by atoms with Crippen LogP contribution in [0.4, 0.5) is 5.69 Å². The number of fused-ring (bicyclic) bond motifs is 1. The zero-order chi connectivity index (χ0) is 19.4. The maximum absolute atomic E-state index is 12.1. The van der Waals surface area contributed by atoms with E-state index in [1.54, 1.807) is 19.2 Å². The lowest BCUT2D eigenvalue weighted by atomic mass is 10.1. The number of benzene rings is 3. The Morgan fingerprint density at radius 1 is 1.00 bits per heavy atom. The van der Waals surface area contributed by atoms with Crippen molar-refractivity contribution in [1.82, 2.24) is 0 Å². The fourth-order valence-corrected chi connectivity index (χ4v) is 3.08. The molecule has 27 heavy (non-hydrogen) atoms. The summed E-state index contributed by atoms with van der Waals surface area (Å²) in [5.74, 6) is 0.837. The van der Waals surface area contributed by atoms with E-state index >= 15 is 0 Å². The number of nitrogens with two attached hydrogens (primary N) is 1. The summed E-state index contributed by atoms with van der Waals surface area (Å²) in [4.78, 5) is 12.0. The number of hydrogen-bond acceptors (Lipinski definition) is 5. The number of methoxy groups -OCH3 is 1. The van der Waals surface area contributed by atoms with Gasteiger partial charge in [-0.25, -0.2) is 13.6 Å². The van der Waals surface area contributed by atoms with Crippen molar-refractivity contribution >= 4 is 32.4 Å². The molecule has 7 nitrogen and oxygen atoms in total. The van der Waals surface area contributed by atoms with E-state index in [9.17, 15) is 13.2 Å². The smallest absolute Gasteiger partial charge is 0.262 e. The molecule has 0 bridgehead atoms. The Morgan fingerprint density at radius 3 is 2.41 bits per heavy atom. The highest BCUT2D eigenvalue weighted by Crippen LogP contribution is 2.25. The third-order valence-electron chi connectivity index (χ3n) is 3.84. The Labute approximate surface area is 156 Å². The highest BCUT2D eigenvalue weighted by atomic mass is 32.2. The van der Waals surface area contributed by atoms with Crippen LogP contribution in [0.1, 0.15) is 0 Å². The van der Waals surface area contributed by atoms with Crippen molar-refractivity contribution in [3.8, 4) is 11.5 Å². The van der Waals surface area contributed by atoms with Crippen LogP contribution in [0.5, 0.6) is 11.5 Å². The Balaban J connectivity index is 1.66. The van der Waals surface area contributed by atoms with Gasteiger partial charge in [-0.15, -0.1) is 0 Å². The lowest BCUT2D eigenvalue weighted by Gasteiger charge is -2.09. The van der Waals surface area contributed by atoms with Gasteiger partial charge in [0.2, 0.25) is 10.0 Å². The maximum atomic E-state index is 12.1. The van der Waals surface area contributed by atoms with Gasteiger partial charge in [-0.3, -0.25) is 4.79 Å². The average Bonchev–Trinajstić information content (AvgIpc) is 2.65. The molecule has 0 radical (unpaired) electrons. The van der Waals surface area contributed by atoms with Gasteiger partial charge in [-0.2, -0.15) is 0 Å². The quantitative estimate of drug-likeness (QED) is 0.677. The van der Waals surface area contributed by atoms with Crippen LogP contribution < -0.4 is 19.9 Å².